The monoisotopic (exact) mass is 283 g/mol. The molecule has 1 aromatic heterocycles. The van der Waals surface area contributed by atoms with Gasteiger partial charge in [-0.2, -0.15) is 0 Å². The molecule has 0 saturated heterocycles. The van der Waals surface area contributed by atoms with Crippen LogP contribution in [0.5, 0.6) is 11.8 Å². The molecule has 5 nitrogen and oxygen atoms in total. The summed E-state index contributed by atoms with van der Waals surface area (Å²) in [6.07, 6.45) is 0. The van der Waals surface area contributed by atoms with Crippen LogP contribution in [0.25, 0.3) is 0 Å². The zero-order valence-electron chi connectivity index (χ0n) is 5.86. The number of alkyl halides is 1. The molecule has 0 fully saturated rings. The average Bonchev–Trinajstić information content (AvgIpc) is 2.32. The summed E-state index contributed by atoms with van der Waals surface area (Å²) >= 11 is 1.82. The number of aromatic nitrogens is 1. The van der Waals surface area contributed by atoms with E-state index in [1.807, 2.05) is 22.6 Å². The minimum atomic E-state index is -0.630. The maximum atomic E-state index is 11.0. The van der Waals surface area contributed by atoms with Crippen molar-refractivity contribution in [2.45, 2.75) is 0 Å². The van der Waals surface area contributed by atoms with Gasteiger partial charge in [-0.3, -0.25) is 4.79 Å². The van der Waals surface area contributed by atoms with Crippen molar-refractivity contribution in [3.8, 4) is 11.8 Å². The molecule has 1 rings (SSSR count). The summed E-state index contributed by atoms with van der Waals surface area (Å²) in [5.41, 5.74) is -0.0793. The van der Waals surface area contributed by atoms with Gasteiger partial charge in [0.15, 0.2) is 5.78 Å². The quantitative estimate of drug-likeness (QED) is 0.324. The number of hydrogen-bond donors (Lipinski definition) is 3. The van der Waals surface area contributed by atoms with E-state index in [-0.39, 0.29) is 20.5 Å². The van der Waals surface area contributed by atoms with Crippen molar-refractivity contribution >= 4 is 28.4 Å². The number of carbonyl (C=O) groups is 1. The van der Waals surface area contributed by atoms with E-state index in [4.69, 9.17) is 15.4 Å². The molecule has 12 heavy (non-hydrogen) atoms. The van der Waals surface area contributed by atoms with Crippen molar-refractivity contribution in [2.75, 3.05) is 4.43 Å². The number of hydrogen-bond acceptors (Lipinski definition) is 4. The Morgan fingerprint density at radius 1 is 1.58 bits per heavy atom. The lowest BCUT2D eigenvalue weighted by molar-refractivity contribution is 0.101. The first-order valence-electron chi connectivity index (χ1n) is 3.00. The van der Waals surface area contributed by atoms with E-state index in [1.54, 1.807) is 0 Å². The van der Waals surface area contributed by atoms with Crippen LogP contribution in [0, 0.1) is 0 Å². The summed E-state index contributed by atoms with van der Waals surface area (Å²) in [4.78, 5) is 11.0. The highest BCUT2D eigenvalue weighted by molar-refractivity contribution is 14.1. The number of rotatable bonds is 2. The van der Waals surface area contributed by atoms with Crippen LogP contribution >= 0.6 is 22.6 Å². The zero-order chi connectivity index (χ0) is 9.30. The molecular formula is C6H6INO4. The second-order valence-electron chi connectivity index (χ2n) is 2.11. The number of nitrogens with zero attached hydrogens (tertiary/aromatic N) is 1. The van der Waals surface area contributed by atoms with Gasteiger partial charge < -0.3 is 15.4 Å². The minimum Gasteiger partial charge on any atom is -0.492 e. The molecule has 6 heteroatoms. The molecule has 66 valence electrons. The number of aromatic hydroxyl groups is 2. The van der Waals surface area contributed by atoms with Gasteiger partial charge in [0, 0.05) is 6.07 Å². The Bertz CT molecular complexity index is 320. The van der Waals surface area contributed by atoms with Gasteiger partial charge in [-0.15, -0.1) is 4.73 Å². The minimum absolute atomic E-state index is 0.0793. The number of halogens is 1. The molecule has 0 radical (unpaired) electrons. The zero-order valence-corrected chi connectivity index (χ0v) is 8.02. The van der Waals surface area contributed by atoms with Gasteiger partial charge in [0.2, 0.25) is 11.8 Å². The van der Waals surface area contributed by atoms with Crippen molar-refractivity contribution in [3.05, 3.63) is 11.6 Å². The fourth-order valence-electron chi connectivity index (χ4n) is 0.755. The molecule has 0 spiro atoms. The maximum absolute atomic E-state index is 11.0. The molecule has 0 aliphatic heterocycles. The summed E-state index contributed by atoms with van der Waals surface area (Å²) in [5, 5.41) is 26.7. The van der Waals surface area contributed by atoms with Crippen LogP contribution in [0.1, 0.15) is 10.4 Å². The highest BCUT2D eigenvalue weighted by Gasteiger charge is 2.18. The lowest BCUT2D eigenvalue weighted by Crippen LogP contribution is -1.98. The van der Waals surface area contributed by atoms with Gasteiger partial charge in [0.25, 0.3) is 0 Å². The molecule has 3 N–H and O–H groups in total. The summed E-state index contributed by atoms with van der Waals surface area (Å²) in [5.74, 6) is -1.54. The summed E-state index contributed by atoms with van der Waals surface area (Å²) in [6.45, 7) is 0. The van der Waals surface area contributed by atoms with E-state index in [9.17, 15) is 4.79 Å². The first-order chi connectivity index (χ1) is 5.57. The lowest BCUT2D eigenvalue weighted by Gasteiger charge is -1.95. The average molecular weight is 283 g/mol. The molecule has 0 aliphatic rings. The van der Waals surface area contributed by atoms with Crippen molar-refractivity contribution in [1.29, 1.82) is 0 Å². The van der Waals surface area contributed by atoms with Crippen LogP contribution in [0.3, 0.4) is 0 Å². The molecule has 1 aromatic rings. The maximum Gasteiger partial charge on any atom is 0.240 e. The third-order valence-corrected chi connectivity index (χ3v) is 2.05. The number of Topliss-reactive ketones (excluding diaryl/α,β-unsaturated/α-hetero) is 1. The first-order valence-corrected chi connectivity index (χ1v) is 4.52. The third kappa shape index (κ3) is 1.33. The Morgan fingerprint density at radius 3 is 2.50 bits per heavy atom. The van der Waals surface area contributed by atoms with E-state index < -0.39 is 11.8 Å². The molecule has 0 saturated carbocycles. The molecule has 0 unspecified atom stereocenters. The number of carbonyl (C=O) groups excluding carboxylic acids is 1. The van der Waals surface area contributed by atoms with Gasteiger partial charge in [-0.25, -0.2) is 0 Å². The molecule has 0 aromatic carbocycles. The summed E-state index contributed by atoms with van der Waals surface area (Å²) < 4.78 is 0.328. The Morgan fingerprint density at radius 2 is 2.17 bits per heavy atom. The number of ketones is 1. The van der Waals surface area contributed by atoms with E-state index in [0.717, 1.165) is 6.07 Å². The van der Waals surface area contributed by atoms with Crippen LogP contribution in [0.15, 0.2) is 6.07 Å². The Labute approximate surface area is 81.3 Å². The second kappa shape index (κ2) is 3.21. The molecule has 0 atom stereocenters. The molecule has 0 bridgehead atoms. The van der Waals surface area contributed by atoms with E-state index in [2.05, 4.69) is 0 Å². The van der Waals surface area contributed by atoms with Crippen molar-refractivity contribution in [1.82, 2.24) is 4.73 Å². The van der Waals surface area contributed by atoms with Gasteiger partial charge in [-0.1, -0.05) is 22.6 Å². The summed E-state index contributed by atoms with van der Waals surface area (Å²) in [6, 6.07) is 1.01. The predicted octanol–water partition coefficient (Wildman–Crippen LogP) is 0.754. The van der Waals surface area contributed by atoms with Crippen LogP contribution in [-0.2, 0) is 0 Å². The van der Waals surface area contributed by atoms with Crippen LogP contribution in [0.2, 0.25) is 0 Å². The molecular weight excluding hydrogens is 277 g/mol. The standard InChI is InChI=1S/C6H6INO4/c7-2-4(9)3-1-5(10)8(12)6(3)11/h1,10-12H,2H2. The van der Waals surface area contributed by atoms with E-state index in [1.165, 1.54) is 0 Å². The molecule has 0 aliphatic carbocycles. The van der Waals surface area contributed by atoms with Gasteiger partial charge >= 0.3 is 0 Å². The Hall–Kier alpha value is -0.920. The Kier molecular flexibility index (Phi) is 2.46. The topological polar surface area (TPSA) is 82.7 Å². The highest BCUT2D eigenvalue weighted by Crippen LogP contribution is 2.25. The largest absolute Gasteiger partial charge is 0.492 e. The van der Waals surface area contributed by atoms with Crippen molar-refractivity contribution in [2.24, 2.45) is 0 Å². The third-order valence-electron chi connectivity index (χ3n) is 1.35. The van der Waals surface area contributed by atoms with Gasteiger partial charge in [0.05, 0.1) is 9.99 Å². The lowest BCUT2D eigenvalue weighted by atomic mass is 10.2. The van der Waals surface area contributed by atoms with Crippen molar-refractivity contribution in [3.63, 3.8) is 0 Å². The SMILES string of the molecule is O=C(CI)c1cc(O)n(O)c1O. The van der Waals surface area contributed by atoms with Crippen LogP contribution in [-0.4, -0.2) is 30.4 Å². The normalized spacial score (nSPS) is 10.1. The van der Waals surface area contributed by atoms with Crippen LogP contribution in [0.4, 0.5) is 0 Å². The molecule has 0 amide bonds. The van der Waals surface area contributed by atoms with E-state index in [0.29, 0.717) is 0 Å². The fraction of sp³-hybridized carbons (Fsp3) is 0.167. The second-order valence-corrected chi connectivity index (χ2v) is 2.87. The Balaban J connectivity index is 3.17. The first kappa shape index (κ1) is 9.17. The van der Waals surface area contributed by atoms with Crippen molar-refractivity contribution < 1.29 is 20.2 Å². The van der Waals surface area contributed by atoms with Gasteiger partial charge in [-0.05, 0) is 0 Å². The smallest absolute Gasteiger partial charge is 0.240 e. The fourth-order valence-corrected chi connectivity index (χ4v) is 1.17. The van der Waals surface area contributed by atoms with Crippen LogP contribution < -0.4 is 0 Å². The van der Waals surface area contributed by atoms with Gasteiger partial charge in [0.1, 0.15) is 0 Å². The molecule has 1 heterocycles. The van der Waals surface area contributed by atoms with E-state index >= 15 is 0 Å². The highest BCUT2D eigenvalue weighted by atomic mass is 127. The predicted molar refractivity (Wildman–Crippen MR) is 48.2 cm³/mol. The summed E-state index contributed by atoms with van der Waals surface area (Å²) in [7, 11) is 0.